The molecule has 4 rings (SSSR count). The maximum absolute atomic E-state index is 12.3. The zero-order valence-corrected chi connectivity index (χ0v) is 14.7. The summed E-state index contributed by atoms with van der Waals surface area (Å²) in [6.07, 6.45) is 3.54. The Morgan fingerprint density at radius 2 is 1.89 bits per heavy atom. The summed E-state index contributed by atoms with van der Waals surface area (Å²) in [5.41, 5.74) is 2.89. The number of non-ortho nitro benzene ring substituents is 1. The molecule has 0 saturated carbocycles. The summed E-state index contributed by atoms with van der Waals surface area (Å²) in [5, 5.41) is 14.3. The number of carbonyl (C=O) groups is 1. The van der Waals surface area contributed by atoms with Crippen LogP contribution in [0, 0.1) is 16.0 Å². The van der Waals surface area contributed by atoms with Gasteiger partial charge in [0.05, 0.1) is 10.5 Å². The molecule has 138 valence electrons. The van der Waals surface area contributed by atoms with Gasteiger partial charge in [0.1, 0.15) is 6.10 Å². The third kappa shape index (κ3) is 3.75. The summed E-state index contributed by atoms with van der Waals surface area (Å²) in [4.78, 5) is 22.6. The molecule has 1 aliphatic carbocycles. The Balaban J connectivity index is 1.41. The van der Waals surface area contributed by atoms with Crippen LogP contribution in [-0.4, -0.2) is 29.6 Å². The molecule has 2 aromatic rings. The van der Waals surface area contributed by atoms with Crippen molar-refractivity contribution in [2.45, 2.75) is 25.0 Å². The van der Waals surface area contributed by atoms with Crippen LogP contribution < -0.4 is 5.32 Å². The number of nitrogens with one attached hydrogen (secondary N) is 1. The predicted molar refractivity (Wildman–Crippen MR) is 100 cm³/mol. The Bertz CT molecular complexity index is 877. The van der Waals surface area contributed by atoms with E-state index in [1.165, 1.54) is 35.4 Å². The maximum atomic E-state index is 12.3. The van der Waals surface area contributed by atoms with Crippen LogP contribution in [0.2, 0.25) is 0 Å². The highest BCUT2D eigenvalue weighted by Gasteiger charge is 2.37. The average Bonchev–Trinajstić information content (AvgIpc) is 3.24. The van der Waals surface area contributed by atoms with E-state index in [9.17, 15) is 14.9 Å². The summed E-state index contributed by atoms with van der Waals surface area (Å²) in [5.74, 6) is -0.0485. The van der Waals surface area contributed by atoms with Crippen molar-refractivity contribution in [3.05, 3.63) is 87.5 Å². The second-order valence-electron chi connectivity index (χ2n) is 7.00. The van der Waals surface area contributed by atoms with Gasteiger partial charge in [0.2, 0.25) is 0 Å². The number of nitrogens with zero attached hydrogens (tertiary/aromatic N) is 1. The number of hydrogen-bond acceptors (Lipinski definition) is 5. The molecular formula is C21H20N2O4. The molecule has 1 heterocycles. The molecule has 27 heavy (non-hydrogen) atoms. The topological polar surface area (TPSA) is 81.5 Å². The smallest absolute Gasteiger partial charge is 0.338 e. The number of rotatable bonds is 5. The molecule has 6 nitrogen and oxygen atoms in total. The monoisotopic (exact) mass is 364 g/mol. The van der Waals surface area contributed by atoms with Crippen LogP contribution >= 0.6 is 0 Å². The average molecular weight is 364 g/mol. The number of nitro groups is 1. The SMILES string of the molecule is O=C(O[C@@H]1C=C2C(Cc3ccccc3)NC[C@@H]2C1)c1ccc([N+](=O)[O-])cc1. The highest BCUT2D eigenvalue weighted by molar-refractivity contribution is 5.89. The second-order valence-corrected chi connectivity index (χ2v) is 7.00. The highest BCUT2D eigenvalue weighted by atomic mass is 16.6. The minimum Gasteiger partial charge on any atom is -0.455 e. The molecule has 0 radical (unpaired) electrons. The van der Waals surface area contributed by atoms with Gasteiger partial charge < -0.3 is 10.1 Å². The van der Waals surface area contributed by atoms with E-state index >= 15 is 0 Å². The molecule has 2 aromatic carbocycles. The van der Waals surface area contributed by atoms with Crippen LogP contribution in [0.1, 0.15) is 22.3 Å². The maximum Gasteiger partial charge on any atom is 0.338 e. The number of esters is 1. The number of benzene rings is 2. The molecule has 0 spiro atoms. The van der Waals surface area contributed by atoms with E-state index in [0.717, 1.165) is 19.4 Å². The van der Waals surface area contributed by atoms with Crippen LogP contribution in [0.25, 0.3) is 0 Å². The molecule has 1 fully saturated rings. The summed E-state index contributed by atoms with van der Waals surface area (Å²) in [7, 11) is 0. The summed E-state index contributed by atoms with van der Waals surface area (Å²) < 4.78 is 5.62. The van der Waals surface area contributed by atoms with E-state index in [-0.39, 0.29) is 17.8 Å². The van der Waals surface area contributed by atoms with Crippen molar-refractivity contribution < 1.29 is 14.5 Å². The van der Waals surface area contributed by atoms with Crippen molar-refractivity contribution in [1.82, 2.24) is 5.32 Å². The third-order valence-corrected chi connectivity index (χ3v) is 5.23. The fraction of sp³-hybridized carbons (Fsp3) is 0.286. The van der Waals surface area contributed by atoms with Crippen molar-refractivity contribution in [1.29, 1.82) is 0 Å². The molecule has 0 bridgehead atoms. The lowest BCUT2D eigenvalue weighted by Crippen LogP contribution is -2.26. The Labute approximate surface area is 157 Å². The second kappa shape index (κ2) is 7.32. The van der Waals surface area contributed by atoms with E-state index in [1.54, 1.807) is 0 Å². The van der Waals surface area contributed by atoms with Crippen molar-refractivity contribution in [2.24, 2.45) is 5.92 Å². The Morgan fingerprint density at radius 1 is 1.15 bits per heavy atom. The van der Waals surface area contributed by atoms with Crippen LogP contribution in [0.4, 0.5) is 5.69 Å². The molecule has 1 saturated heterocycles. The fourth-order valence-corrected chi connectivity index (χ4v) is 3.89. The highest BCUT2D eigenvalue weighted by Crippen LogP contribution is 2.35. The van der Waals surface area contributed by atoms with E-state index < -0.39 is 10.9 Å². The van der Waals surface area contributed by atoms with E-state index in [4.69, 9.17) is 4.74 Å². The molecular weight excluding hydrogens is 344 g/mol. The van der Waals surface area contributed by atoms with Crippen molar-refractivity contribution >= 4 is 11.7 Å². The molecule has 6 heteroatoms. The molecule has 0 aromatic heterocycles. The Morgan fingerprint density at radius 3 is 2.59 bits per heavy atom. The van der Waals surface area contributed by atoms with Gasteiger partial charge in [-0.2, -0.15) is 0 Å². The van der Waals surface area contributed by atoms with Crippen LogP contribution in [0.5, 0.6) is 0 Å². The van der Waals surface area contributed by atoms with Crippen LogP contribution in [0.15, 0.2) is 66.2 Å². The number of nitro benzene ring substituents is 1. The largest absolute Gasteiger partial charge is 0.455 e. The van der Waals surface area contributed by atoms with Crippen molar-refractivity contribution in [2.75, 3.05) is 6.54 Å². The van der Waals surface area contributed by atoms with E-state index in [1.807, 2.05) is 18.2 Å². The van der Waals surface area contributed by atoms with Gasteiger partial charge in [-0.25, -0.2) is 4.79 Å². The van der Waals surface area contributed by atoms with Gasteiger partial charge in [0.15, 0.2) is 0 Å². The van der Waals surface area contributed by atoms with Gasteiger partial charge in [-0.3, -0.25) is 10.1 Å². The molecule has 1 unspecified atom stereocenters. The lowest BCUT2D eigenvalue weighted by molar-refractivity contribution is -0.384. The first-order valence-electron chi connectivity index (χ1n) is 9.04. The van der Waals surface area contributed by atoms with Gasteiger partial charge in [0, 0.05) is 24.7 Å². The first-order chi connectivity index (χ1) is 13.1. The van der Waals surface area contributed by atoms with Gasteiger partial charge in [0.25, 0.3) is 5.69 Å². The first kappa shape index (κ1) is 17.4. The lowest BCUT2D eigenvalue weighted by Gasteiger charge is -2.13. The number of hydrogen-bond donors (Lipinski definition) is 1. The quantitative estimate of drug-likeness (QED) is 0.381. The molecule has 0 amide bonds. The van der Waals surface area contributed by atoms with Gasteiger partial charge in [-0.1, -0.05) is 30.3 Å². The number of carbonyl (C=O) groups excluding carboxylic acids is 1. The zero-order valence-electron chi connectivity index (χ0n) is 14.7. The Kier molecular flexibility index (Phi) is 4.73. The fourth-order valence-electron chi connectivity index (χ4n) is 3.89. The molecule has 1 N–H and O–H groups in total. The normalized spacial score (nSPS) is 23.6. The van der Waals surface area contributed by atoms with Gasteiger partial charge in [-0.15, -0.1) is 0 Å². The minimum atomic E-state index is -0.489. The molecule has 3 atom stereocenters. The van der Waals surface area contributed by atoms with Gasteiger partial charge in [-0.05, 0) is 48.1 Å². The van der Waals surface area contributed by atoms with Crippen molar-refractivity contribution in [3.8, 4) is 0 Å². The van der Waals surface area contributed by atoms with Crippen LogP contribution in [0.3, 0.4) is 0 Å². The number of fused-ring (bicyclic) bond motifs is 1. The van der Waals surface area contributed by atoms with Crippen molar-refractivity contribution in [3.63, 3.8) is 0 Å². The lowest BCUT2D eigenvalue weighted by atomic mass is 9.96. The van der Waals surface area contributed by atoms with Gasteiger partial charge >= 0.3 is 5.97 Å². The van der Waals surface area contributed by atoms with Crippen LogP contribution in [-0.2, 0) is 11.2 Å². The summed E-state index contributed by atoms with van der Waals surface area (Å²) >= 11 is 0. The van der Waals surface area contributed by atoms with E-state index in [0.29, 0.717) is 11.5 Å². The zero-order chi connectivity index (χ0) is 18.8. The minimum absolute atomic E-state index is 0.0427. The predicted octanol–water partition coefficient (Wildman–Crippen LogP) is 3.28. The standard InChI is InChI=1S/C21H20N2O4/c24-21(15-6-8-17(9-7-15)23(25)26)27-18-11-16-13-22-20(19(16)12-18)10-14-4-2-1-3-5-14/h1-9,12,16,18,20,22H,10-11,13H2/t16-,18-,20?/m0/s1. The third-order valence-electron chi connectivity index (χ3n) is 5.23. The number of ether oxygens (including phenoxy) is 1. The summed E-state index contributed by atoms with van der Waals surface area (Å²) in [6.45, 7) is 0.898. The molecule has 1 aliphatic heterocycles. The first-order valence-corrected chi connectivity index (χ1v) is 9.04. The van der Waals surface area contributed by atoms with E-state index in [2.05, 4.69) is 23.5 Å². The molecule has 2 aliphatic rings. The summed E-state index contributed by atoms with van der Waals surface area (Å²) in [6, 6.07) is 16.1. The Hall–Kier alpha value is -2.99.